The number of esters is 1. The molecule has 8 nitrogen and oxygen atoms in total. The van der Waals surface area contributed by atoms with Crippen molar-refractivity contribution in [3.63, 3.8) is 0 Å². The fraction of sp³-hybridized carbons (Fsp3) is 0.529. The van der Waals surface area contributed by atoms with Crippen LogP contribution in [0.1, 0.15) is 25.5 Å². The van der Waals surface area contributed by atoms with Crippen LogP contribution >= 0.6 is 0 Å². The van der Waals surface area contributed by atoms with Crippen molar-refractivity contribution < 1.29 is 34.0 Å². The average Bonchev–Trinajstić information content (AvgIpc) is 2.58. The molecule has 1 fully saturated rings. The maximum absolute atomic E-state index is 11.5. The Kier molecular flexibility index (Phi) is 6.35. The molecule has 1 heterocycles. The minimum Gasteiger partial charge on any atom is -0.497 e. The number of ether oxygens (including phenoxy) is 3. The zero-order chi connectivity index (χ0) is 18.6. The van der Waals surface area contributed by atoms with E-state index in [0.717, 1.165) is 0 Å². The van der Waals surface area contributed by atoms with Crippen LogP contribution in [0.15, 0.2) is 24.3 Å². The minimum atomic E-state index is -1.31. The second kappa shape index (κ2) is 8.28. The normalized spacial score (nSPS) is 28.9. The van der Waals surface area contributed by atoms with Crippen molar-refractivity contribution in [3.8, 4) is 5.75 Å². The first kappa shape index (κ1) is 19.2. The zero-order valence-electron chi connectivity index (χ0n) is 14.3. The topological polar surface area (TPSA) is 114 Å². The number of carbonyl (C=O) groups excluding carboxylic acids is 2. The zero-order valence-corrected chi connectivity index (χ0v) is 14.3. The largest absolute Gasteiger partial charge is 0.497 e. The number of hydrogen-bond donors (Lipinski definition) is 3. The smallest absolute Gasteiger partial charge is 0.302 e. The molecule has 1 aromatic rings. The van der Waals surface area contributed by atoms with E-state index in [0.29, 0.717) is 11.3 Å². The second-order valence-electron chi connectivity index (χ2n) is 5.88. The summed E-state index contributed by atoms with van der Waals surface area (Å²) in [6.45, 7) is 2.36. The molecular weight excluding hydrogens is 330 g/mol. The maximum Gasteiger partial charge on any atom is 0.302 e. The van der Waals surface area contributed by atoms with Gasteiger partial charge in [0.2, 0.25) is 5.91 Å². The number of methoxy groups -OCH3 is 1. The van der Waals surface area contributed by atoms with Gasteiger partial charge in [0.25, 0.3) is 0 Å². The molecule has 5 atom stereocenters. The Balaban J connectivity index is 2.27. The van der Waals surface area contributed by atoms with E-state index < -0.39 is 36.4 Å². The SMILES string of the molecule is COc1ccc([C@@H]2O[C@H](COC(C)=O)[C@@H](O)[C@H](O)[C@@H]2NC(C)=O)cc1. The van der Waals surface area contributed by atoms with E-state index >= 15 is 0 Å². The summed E-state index contributed by atoms with van der Waals surface area (Å²) in [4.78, 5) is 22.5. The molecule has 0 bridgehead atoms. The predicted octanol–water partition coefficient (Wildman–Crippen LogP) is -0.0753. The first-order valence-electron chi connectivity index (χ1n) is 7.89. The summed E-state index contributed by atoms with van der Waals surface area (Å²) >= 11 is 0. The van der Waals surface area contributed by atoms with Crippen LogP contribution in [-0.4, -0.2) is 60.2 Å². The molecule has 1 saturated heterocycles. The van der Waals surface area contributed by atoms with Crippen molar-refractivity contribution >= 4 is 11.9 Å². The number of rotatable bonds is 5. The van der Waals surface area contributed by atoms with Crippen LogP contribution in [0.2, 0.25) is 0 Å². The van der Waals surface area contributed by atoms with Gasteiger partial charge in [0, 0.05) is 13.8 Å². The Morgan fingerprint density at radius 3 is 2.32 bits per heavy atom. The molecule has 2 rings (SSSR count). The molecule has 25 heavy (non-hydrogen) atoms. The van der Waals surface area contributed by atoms with Crippen LogP contribution in [-0.2, 0) is 19.1 Å². The van der Waals surface area contributed by atoms with Gasteiger partial charge in [-0.25, -0.2) is 0 Å². The van der Waals surface area contributed by atoms with Gasteiger partial charge in [-0.2, -0.15) is 0 Å². The standard InChI is InChI=1S/C17H23NO7/c1-9(19)18-14-16(22)15(21)13(8-24-10(2)20)25-17(14)11-4-6-12(23-3)7-5-11/h4-7,13-17,21-22H,8H2,1-3H3,(H,18,19)/t13-,14+,15-,16-,17+/m1/s1. The highest BCUT2D eigenvalue weighted by molar-refractivity contribution is 5.73. The molecule has 0 aliphatic carbocycles. The molecule has 0 unspecified atom stereocenters. The molecule has 0 saturated carbocycles. The number of aliphatic hydroxyl groups is 2. The molecule has 1 amide bonds. The van der Waals surface area contributed by atoms with E-state index in [1.54, 1.807) is 31.4 Å². The number of carbonyl (C=O) groups is 2. The fourth-order valence-electron chi connectivity index (χ4n) is 2.78. The lowest BCUT2D eigenvalue weighted by Crippen LogP contribution is -2.61. The van der Waals surface area contributed by atoms with Crippen molar-refractivity contribution in [2.24, 2.45) is 0 Å². The van der Waals surface area contributed by atoms with Crippen LogP contribution < -0.4 is 10.1 Å². The lowest BCUT2D eigenvalue weighted by atomic mass is 9.89. The predicted molar refractivity (Wildman–Crippen MR) is 86.9 cm³/mol. The van der Waals surface area contributed by atoms with Crippen LogP contribution in [0.3, 0.4) is 0 Å². The maximum atomic E-state index is 11.5. The Labute approximate surface area is 145 Å². The van der Waals surface area contributed by atoms with Gasteiger partial charge in [-0.1, -0.05) is 12.1 Å². The quantitative estimate of drug-likeness (QED) is 0.635. The van der Waals surface area contributed by atoms with E-state index in [1.807, 2.05) is 0 Å². The van der Waals surface area contributed by atoms with E-state index in [-0.39, 0.29) is 12.5 Å². The lowest BCUT2D eigenvalue weighted by molar-refractivity contribution is -0.203. The van der Waals surface area contributed by atoms with Gasteiger partial charge in [-0.3, -0.25) is 9.59 Å². The van der Waals surface area contributed by atoms with E-state index in [9.17, 15) is 19.8 Å². The first-order chi connectivity index (χ1) is 11.8. The molecule has 3 N–H and O–H groups in total. The average molecular weight is 353 g/mol. The third kappa shape index (κ3) is 4.68. The summed E-state index contributed by atoms with van der Waals surface area (Å²) in [5, 5.41) is 23.3. The molecule has 0 aromatic heterocycles. The van der Waals surface area contributed by atoms with Gasteiger partial charge in [0.05, 0.1) is 13.2 Å². The van der Waals surface area contributed by atoms with Gasteiger partial charge in [-0.15, -0.1) is 0 Å². The van der Waals surface area contributed by atoms with Crippen LogP contribution in [0.25, 0.3) is 0 Å². The number of benzene rings is 1. The molecule has 138 valence electrons. The van der Waals surface area contributed by atoms with Crippen LogP contribution in [0.5, 0.6) is 5.75 Å². The van der Waals surface area contributed by atoms with E-state index in [2.05, 4.69) is 5.32 Å². The van der Waals surface area contributed by atoms with Crippen LogP contribution in [0, 0.1) is 0 Å². The van der Waals surface area contributed by atoms with Gasteiger partial charge in [0.15, 0.2) is 0 Å². The van der Waals surface area contributed by atoms with E-state index in [4.69, 9.17) is 14.2 Å². The van der Waals surface area contributed by atoms with Gasteiger partial charge in [-0.05, 0) is 17.7 Å². The molecular formula is C17H23NO7. The first-order valence-corrected chi connectivity index (χ1v) is 7.89. The second-order valence-corrected chi connectivity index (χ2v) is 5.88. The summed E-state index contributed by atoms with van der Waals surface area (Å²) in [7, 11) is 1.54. The Morgan fingerprint density at radius 2 is 1.80 bits per heavy atom. The highest BCUT2D eigenvalue weighted by Gasteiger charge is 2.45. The van der Waals surface area contributed by atoms with Gasteiger partial charge in [0.1, 0.15) is 36.8 Å². The number of aliphatic hydroxyl groups excluding tert-OH is 2. The van der Waals surface area contributed by atoms with E-state index in [1.165, 1.54) is 13.8 Å². The highest BCUT2D eigenvalue weighted by Crippen LogP contribution is 2.33. The third-order valence-electron chi connectivity index (χ3n) is 4.01. The Morgan fingerprint density at radius 1 is 1.16 bits per heavy atom. The lowest BCUT2D eigenvalue weighted by Gasteiger charge is -2.43. The number of amides is 1. The number of hydrogen-bond acceptors (Lipinski definition) is 7. The van der Waals surface area contributed by atoms with Crippen LogP contribution in [0.4, 0.5) is 0 Å². The summed E-state index contributed by atoms with van der Waals surface area (Å²) < 4.78 is 15.9. The van der Waals surface area contributed by atoms with Crippen molar-refractivity contribution in [1.82, 2.24) is 5.32 Å². The van der Waals surface area contributed by atoms with Crippen molar-refractivity contribution in [2.45, 2.75) is 44.3 Å². The fourth-order valence-corrected chi connectivity index (χ4v) is 2.78. The molecule has 0 radical (unpaired) electrons. The molecule has 1 aliphatic heterocycles. The molecule has 1 aliphatic rings. The molecule has 0 spiro atoms. The number of nitrogens with one attached hydrogen (secondary N) is 1. The van der Waals surface area contributed by atoms with Crippen molar-refractivity contribution in [2.75, 3.05) is 13.7 Å². The Bertz CT molecular complexity index is 602. The molecule has 1 aromatic carbocycles. The third-order valence-corrected chi connectivity index (χ3v) is 4.01. The highest BCUT2D eigenvalue weighted by atomic mass is 16.6. The summed E-state index contributed by atoms with van der Waals surface area (Å²) in [6.07, 6.45) is -4.25. The Hall–Kier alpha value is -2.16. The summed E-state index contributed by atoms with van der Waals surface area (Å²) in [5.74, 6) is -0.236. The van der Waals surface area contributed by atoms with Crippen molar-refractivity contribution in [1.29, 1.82) is 0 Å². The summed E-state index contributed by atoms with van der Waals surface area (Å²) in [6, 6.07) is 6.08. The minimum absolute atomic E-state index is 0.201. The monoisotopic (exact) mass is 353 g/mol. The summed E-state index contributed by atoms with van der Waals surface area (Å²) in [5.41, 5.74) is 0.679. The van der Waals surface area contributed by atoms with Gasteiger partial charge < -0.3 is 29.7 Å². The molecule has 8 heteroatoms. The van der Waals surface area contributed by atoms with Gasteiger partial charge >= 0.3 is 5.97 Å². The van der Waals surface area contributed by atoms with Crippen molar-refractivity contribution in [3.05, 3.63) is 29.8 Å².